The van der Waals surface area contributed by atoms with E-state index in [-0.39, 0.29) is 11.9 Å². The van der Waals surface area contributed by atoms with Crippen LogP contribution in [0.1, 0.15) is 55.0 Å². The molecule has 1 aromatic carbocycles. The number of carbonyl (C=O) groups is 1. The van der Waals surface area contributed by atoms with Crippen molar-refractivity contribution in [3.8, 4) is 0 Å². The summed E-state index contributed by atoms with van der Waals surface area (Å²) in [4.78, 5) is 12.8. The minimum absolute atomic E-state index is 0.119. The van der Waals surface area contributed by atoms with Crippen molar-refractivity contribution in [2.45, 2.75) is 57.8 Å². The number of Topliss-reactive ketones (excluding diaryl/α,β-unsaturated/α-hetero) is 1. The second-order valence-corrected chi connectivity index (χ2v) is 7.11. The fourth-order valence-corrected chi connectivity index (χ4v) is 4.19. The molecule has 0 saturated carbocycles. The molecule has 3 atom stereocenters. The predicted octanol–water partition coefficient (Wildman–Crippen LogP) is 2.57. The normalized spacial score (nSPS) is 36.9. The number of epoxide rings is 1. The van der Waals surface area contributed by atoms with Gasteiger partial charge in [-0.3, -0.25) is 4.79 Å². The van der Waals surface area contributed by atoms with E-state index in [1.807, 2.05) is 19.9 Å². The topological polar surface area (TPSA) is 49.8 Å². The van der Waals surface area contributed by atoms with E-state index in [0.717, 1.165) is 36.0 Å². The molecule has 3 heteroatoms. The van der Waals surface area contributed by atoms with Crippen LogP contribution in [0.25, 0.3) is 0 Å². The van der Waals surface area contributed by atoms with E-state index < -0.39 is 17.1 Å². The average molecular weight is 272 g/mol. The fourth-order valence-electron chi connectivity index (χ4n) is 4.19. The average Bonchev–Trinajstić information content (AvgIpc) is 3.17. The maximum atomic E-state index is 12.8. The molecule has 1 heterocycles. The molecule has 2 aliphatic carbocycles. The third-order valence-electron chi connectivity index (χ3n) is 5.56. The van der Waals surface area contributed by atoms with E-state index in [1.165, 1.54) is 5.56 Å². The van der Waals surface area contributed by atoms with Gasteiger partial charge in [0.2, 0.25) is 5.78 Å². The smallest absolute Gasteiger partial charge is 0.201 e. The molecule has 106 valence electrons. The molecule has 0 unspecified atom stereocenters. The lowest BCUT2D eigenvalue weighted by Gasteiger charge is -2.43. The number of rotatable bonds is 0. The Bertz CT molecular complexity index is 631. The lowest BCUT2D eigenvalue weighted by molar-refractivity contribution is -0.156. The monoisotopic (exact) mass is 272 g/mol. The first-order chi connectivity index (χ1) is 9.38. The Kier molecular flexibility index (Phi) is 2.21. The van der Waals surface area contributed by atoms with E-state index in [0.29, 0.717) is 0 Å². The van der Waals surface area contributed by atoms with Gasteiger partial charge in [-0.1, -0.05) is 26.0 Å². The molecular weight excluding hydrogens is 252 g/mol. The zero-order chi connectivity index (χ0) is 14.3. The van der Waals surface area contributed by atoms with Crippen molar-refractivity contribution in [2.75, 3.05) is 0 Å². The summed E-state index contributed by atoms with van der Waals surface area (Å²) in [5.41, 5.74) is 2.40. The van der Waals surface area contributed by atoms with Gasteiger partial charge in [-0.15, -0.1) is 0 Å². The Morgan fingerprint density at radius 2 is 2.05 bits per heavy atom. The van der Waals surface area contributed by atoms with Crippen LogP contribution >= 0.6 is 0 Å². The first kappa shape index (κ1) is 12.5. The van der Waals surface area contributed by atoms with Crippen molar-refractivity contribution in [3.63, 3.8) is 0 Å². The standard InChI is InChI=1S/C17H20O3/c1-9-6-7-11-12-10(9)5-4-8-16(2,3)17(12,19)15(18)14-13(11)20-14/h6-7,13-14,19H,4-5,8H2,1-3H3/t13-,14-,17+/m0/s1. The number of hydrogen-bond donors (Lipinski definition) is 1. The molecule has 3 nitrogen and oxygen atoms in total. The number of ketones is 1. The molecule has 1 fully saturated rings. The Morgan fingerprint density at radius 1 is 1.30 bits per heavy atom. The summed E-state index contributed by atoms with van der Waals surface area (Å²) >= 11 is 0. The van der Waals surface area contributed by atoms with Gasteiger partial charge in [0, 0.05) is 11.0 Å². The minimum atomic E-state index is -1.39. The summed E-state index contributed by atoms with van der Waals surface area (Å²) in [6.45, 7) is 6.09. The van der Waals surface area contributed by atoms with Gasteiger partial charge in [-0.05, 0) is 42.9 Å². The third kappa shape index (κ3) is 1.26. The minimum Gasteiger partial charge on any atom is -0.377 e. The highest BCUT2D eigenvalue weighted by molar-refractivity contribution is 5.98. The largest absolute Gasteiger partial charge is 0.377 e. The summed E-state index contributed by atoms with van der Waals surface area (Å²) in [5.74, 6) is -0.131. The van der Waals surface area contributed by atoms with Crippen molar-refractivity contribution >= 4 is 5.78 Å². The van der Waals surface area contributed by atoms with Crippen LogP contribution in [-0.4, -0.2) is 17.0 Å². The summed E-state index contributed by atoms with van der Waals surface area (Å²) in [7, 11) is 0. The van der Waals surface area contributed by atoms with Gasteiger partial charge >= 0.3 is 0 Å². The van der Waals surface area contributed by atoms with Crippen LogP contribution < -0.4 is 0 Å². The number of aliphatic hydroxyl groups is 1. The van der Waals surface area contributed by atoms with Gasteiger partial charge in [0.15, 0.2) is 11.7 Å². The Hall–Kier alpha value is -1.19. The van der Waals surface area contributed by atoms with Crippen LogP contribution in [0.2, 0.25) is 0 Å². The van der Waals surface area contributed by atoms with E-state index in [9.17, 15) is 9.90 Å². The van der Waals surface area contributed by atoms with Crippen molar-refractivity contribution in [1.82, 2.24) is 0 Å². The van der Waals surface area contributed by atoms with Crippen LogP contribution in [0.5, 0.6) is 0 Å². The summed E-state index contributed by atoms with van der Waals surface area (Å²) in [5, 5.41) is 11.4. The number of aryl methyl sites for hydroxylation is 1. The first-order valence-corrected chi connectivity index (χ1v) is 7.43. The molecule has 4 rings (SSSR count). The lowest BCUT2D eigenvalue weighted by Crippen LogP contribution is -2.52. The summed E-state index contributed by atoms with van der Waals surface area (Å²) in [6, 6.07) is 4.14. The SMILES string of the molecule is Cc1ccc2c3c1CCCC(C)(C)[C@]3(O)C(=O)[C@H]1O[C@@H]21. The number of carbonyl (C=O) groups excluding carboxylic acids is 1. The second kappa shape index (κ2) is 3.52. The molecule has 0 spiro atoms. The van der Waals surface area contributed by atoms with Gasteiger partial charge in [0.05, 0.1) is 0 Å². The zero-order valence-corrected chi connectivity index (χ0v) is 12.2. The number of benzene rings is 1. The molecule has 0 bridgehead atoms. The molecule has 0 amide bonds. The number of hydrogen-bond acceptors (Lipinski definition) is 3. The van der Waals surface area contributed by atoms with Gasteiger partial charge in [0.25, 0.3) is 0 Å². The Balaban J connectivity index is 2.10. The molecule has 1 saturated heterocycles. The van der Waals surface area contributed by atoms with Crippen LogP contribution in [0.3, 0.4) is 0 Å². The quantitative estimate of drug-likeness (QED) is 0.738. The fraction of sp³-hybridized carbons (Fsp3) is 0.588. The van der Waals surface area contributed by atoms with Crippen molar-refractivity contribution in [1.29, 1.82) is 0 Å². The molecule has 0 radical (unpaired) electrons. The Labute approximate surface area is 118 Å². The van der Waals surface area contributed by atoms with Crippen LogP contribution in [0.15, 0.2) is 12.1 Å². The molecule has 0 aromatic heterocycles. The molecule has 20 heavy (non-hydrogen) atoms. The lowest BCUT2D eigenvalue weighted by atomic mass is 9.62. The highest BCUT2D eigenvalue weighted by Crippen LogP contribution is 2.59. The first-order valence-electron chi connectivity index (χ1n) is 7.43. The van der Waals surface area contributed by atoms with Crippen LogP contribution in [-0.2, 0) is 21.6 Å². The van der Waals surface area contributed by atoms with E-state index in [2.05, 4.69) is 13.0 Å². The maximum Gasteiger partial charge on any atom is 0.201 e. The van der Waals surface area contributed by atoms with Gasteiger partial charge < -0.3 is 9.84 Å². The highest BCUT2D eigenvalue weighted by atomic mass is 16.6. The number of fused-ring (bicyclic) bond motifs is 2. The van der Waals surface area contributed by atoms with Crippen LogP contribution in [0, 0.1) is 12.3 Å². The highest BCUT2D eigenvalue weighted by Gasteiger charge is 2.65. The maximum absolute atomic E-state index is 12.8. The summed E-state index contributed by atoms with van der Waals surface area (Å²) < 4.78 is 5.56. The third-order valence-corrected chi connectivity index (χ3v) is 5.56. The predicted molar refractivity (Wildman–Crippen MR) is 74.4 cm³/mol. The van der Waals surface area contributed by atoms with E-state index in [4.69, 9.17) is 4.74 Å². The zero-order valence-electron chi connectivity index (χ0n) is 12.2. The van der Waals surface area contributed by atoms with E-state index in [1.54, 1.807) is 0 Å². The Morgan fingerprint density at radius 3 is 2.80 bits per heavy atom. The van der Waals surface area contributed by atoms with E-state index >= 15 is 0 Å². The molecular formula is C17H20O3. The second-order valence-electron chi connectivity index (χ2n) is 7.11. The molecule has 1 aliphatic heterocycles. The van der Waals surface area contributed by atoms with Crippen molar-refractivity contribution < 1.29 is 14.6 Å². The van der Waals surface area contributed by atoms with Gasteiger partial charge in [0.1, 0.15) is 6.10 Å². The molecule has 1 N–H and O–H groups in total. The molecule has 3 aliphatic rings. The molecule has 1 aromatic rings. The van der Waals surface area contributed by atoms with Crippen molar-refractivity contribution in [2.24, 2.45) is 5.41 Å². The van der Waals surface area contributed by atoms with Gasteiger partial charge in [-0.2, -0.15) is 0 Å². The number of ether oxygens (including phenoxy) is 1. The van der Waals surface area contributed by atoms with Gasteiger partial charge in [-0.25, -0.2) is 0 Å². The van der Waals surface area contributed by atoms with Crippen molar-refractivity contribution in [3.05, 3.63) is 34.4 Å². The summed E-state index contributed by atoms with van der Waals surface area (Å²) in [6.07, 6.45) is 2.24. The van der Waals surface area contributed by atoms with Crippen LogP contribution in [0.4, 0.5) is 0 Å².